The smallest absolute Gasteiger partial charge is 0.268 e. The van der Waals surface area contributed by atoms with Gasteiger partial charge >= 0.3 is 0 Å². The van der Waals surface area contributed by atoms with E-state index >= 15 is 0 Å². The zero-order valence-electron chi connectivity index (χ0n) is 23.0. The number of aromatic amines is 1. The van der Waals surface area contributed by atoms with E-state index in [1.165, 1.54) is 5.56 Å². The van der Waals surface area contributed by atoms with Crippen molar-refractivity contribution >= 4 is 40.8 Å². The Morgan fingerprint density at radius 3 is 2.30 bits per heavy atom. The third-order valence-corrected chi connectivity index (χ3v) is 6.59. The molecule has 1 aliphatic rings. The first kappa shape index (κ1) is 30.1. The number of nitrogens with one attached hydrogen (secondary N) is 5. The minimum absolute atomic E-state index is 0.130. The molecule has 1 saturated heterocycles. The Hall–Kier alpha value is -4.47. The maximum atomic E-state index is 12.7. The highest BCUT2D eigenvalue weighted by Gasteiger charge is 2.29. The van der Waals surface area contributed by atoms with Gasteiger partial charge in [0.1, 0.15) is 18.0 Å². The van der Waals surface area contributed by atoms with Crippen molar-refractivity contribution in [3.8, 4) is 0 Å². The standard InChI is InChI=1S/C23H29N5O5.C7H8/c1-13(2)20(28-22(32)18-10-14-5-3-4-6-17(14)27-18)23(33)25-11-19(30)26-16(12-29)9-15-7-8-24-21(15)31;1-7-5-3-2-4-6-7/h3-6,10,12-13,15-16,20,27H,7-9,11H2,1-2H3,(H,24,31)(H,25,33)(H,26,30)(H,28,32);2-6H,1H3. The van der Waals surface area contributed by atoms with Crippen LogP contribution in [0.15, 0.2) is 60.7 Å². The number of H-pyrrole nitrogens is 1. The largest absolute Gasteiger partial charge is 0.356 e. The van der Waals surface area contributed by atoms with Crippen molar-refractivity contribution in [3.63, 3.8) is 0 Å². The second-order valence-corrected chi connectivity index (χ2v) is 10.2. The predicted molar refractivity (Wildman–Crippen MR) is 152 cm³/mol. The highest BCUT2D eigenvalue weighted by molar-refractivity contribution is 6.00. The topological polar surface area (TPSA) is 149 Å². The van der Waals surface area contributed by atoms with Gasteiger partial charge in [-0.1, -0.05) is 67.9 Å². The Morgan fingerprint density at radius 1 is 1.02 bits per heavy atom. The van der Waals surface area contributed by atoms with Gasteiger partial charge in [-0.05, 0) is 37.8 Å². The van der Waals surface area contributed by atoms with E-state index in [2.05, 4.69) is 45.3 Å². The summed E-state index contributed by atoms with van der Waals surface area (Å²) in [7, 11) is 0. The van der Waals surface area contributed by atoms with Gasteiger partial charge in [0.05, 0.1) is 12.6 Å². The van der Waals surface area contributed by atoms with Crippen LogP contribution in [-0.4, -0.2) is 60.1 Å². The number of carbonyl (C=O) groups is 5. The Balaban J connectivity index is 0.000000547. The molecule has 3 unspecified atom stereocenters. The van der Waals surface area contributed by atoms with E-state index in [0.29, 0.717) is 24.9 Å². The van der Waals surface area contributed by atoms with Gasteiger partial charge < -0.3 is 31.0 Å². The molecular formula is C30H37N5O5. The number of fused-ring (bicyclic) bond motifs is 1. The van der Waals surface area contributed by atoms with Crippen LogP contribution in [0.2, 0.25) is 0 Å². The van der Waals surface area contributed by atoms with Crippen molar-refractivity contribution in [1.29, 1.82) is 0 Å². The number of hydrogen-bond donors (Lipinski definition) is 5. The number of aryl methyl sites for hydroxylation is 1. The molecule has 0 radical (unpaired) electrons. The first-order valence-electron chi connectivity index (χ1n) is 13.4. The lowest BCUT2D eigenvalue weighted by molar-refractivity contribution is -0.128. The molecule has 2 aromatic carbocycles. The van der Waals surface area contributed by atoms with E-state index in [1.807, 2.05) is 42.5 Å². The van der Waals surface area contributed by atoms with Crippen LogP contribution in [0.4, 0.5) is 0 Å². The monoisotopic (exact) mass is 547 g/mol. The molecule has 0 saturated carbocycles. The highest BCUT2D eigenvalue weighted by atomic mass is 16.2. The lowest BCUT2D eigenvalue weighted by atomic mass is 9.99. The Morgan fingerprint density at radius 2 is 1.73 bits per heavy atom. The molecular weight excluding hydrogens is 510 g/mol. The van der Waals surface area contributed by atoms with E-state index in [-0.39, 0.29) is 30.7 Å². The molecule has 1 aliphatic heterocycles. The number of aromatic nitrogens is 1. The van der Waals surface area contributed by atoms with E-state index in [1.54, 1.807) is 19.9 Å². The van der Waals surface area contributed by atoms with Gasteiger partial charge in [-0.25, -0.2) is 0 Å². The molecule has 4 amide bonds. The van der Waals surface area contributed by atoms with E-state index in [0.717, 1.165) is 10.9 Å². The fraction of sp³-hybridized carbons (Fsp3) is 0.367. The molecule has 212 valence electrons. The predicted octanol–water partition coefficient (Wildman–Crippen LogP) is 2.24. The SMILES string of the molecule is CC(C)C(NC(=O)c1cc2ccccc2[nH]1)C(=O)NCC(=O)NC(C=O)CC1CCNC1=O.Cc1ccccc1. The average Bonchev–Trinajstić information content (AvgIpc) is 3.56. The minimum atomic E-state index is -0.860. The number of para-hydroxylation sites is 1. The van der Waals surface area contributed by atoms with E-state index in [9.17, 15) is 24.0 Å². The van der Waals surface area contributed by atoms with Crippen molar-refractivity contribution in [2.75, 3.05) is 13.1 Å². The molecule has 40 heavy (non-hydrogen) atoms. The Kier molecular flexibility index (Phi) is 11.0. The zero-order valence-corrected chi connectivity index (χ0v) is 23.0. The quantitative estimate of drug-likeness (QED) is 0.247. The van der Waals surface area contributed by atoms with Gasteiger partial charge in [0.15, 0.2) is 0 Å². The minimum Gasteiger partial charge on any atom is -0.356 e. The fourth-order valence-corrected chi connectivity index (χ4v) is 4.34. The van der Waals surface area contributed by atoms with Crippen molar-refractivity contribution in [3.05, 3.63) is 71.9 Å². The lowest BCUT2D eigenvalue weighted by Crippen LogP contribution is -2.52. The second-order valence-electron chi connectivity index (χ2n) is 10.2. The maximum Gasteiger partial charge on any atom is 0.268 e. The summed E-state index contributed by atoms with van der Waals surface area (Å²) in [6.45, 7) is 5.85. The van der Waals surface area contributed by atoms with E-state index in [4.69, 9.17) is 0 Å². The Bertz CT molecular complexity index is 1290. The molecule has 2 heterocycles. The van der Waals surface area contributed by atoms with Crippen molar-refractivity contribution in [1.82, 2.24) is 26.3 Å². The molecule has 0 bridgehead atoms. The number of amides is 4. The highest BCUT2D eigenvalue weighted by Crippen LogP contribution is 2.16. The Labute approximate surface area is 233 Å². The van der Waals surface area contributed by atoms with Crippen LogP contribution in [0, 0.1) is 18.8 Å². The van der Waals surface area contributed by atoms with Gasteiger partial charge in [-0.3, -0.25) is 19.2 Å². The van der Waals surface area contributed by atoms with Crippen LogP contribution in [-0.2, 0) is 19.2 Å². The van der Waals surface area contributed by atoms with Crippen LogP contribution in [0.3, 0.4) is 0 Å². The van der Waals surface area contributed by atoms with Gasteiger partial charge in [0.25, 0.3) is 5.91 Å². The summed E-state index contributed by atoms with van der Waals surface area (Å²) in [6, 6.07) is 17.7. The van der Waals surface area contributed by atoms with Gasteiger partial charge in [0.2, 0.25) is 17.7 Å². The average molecular weight is 548 g/mol. The number of carbonyl (C=O) groups excluding carboxylic acids is 5. The summed E-state index contributed by atoms with van der Waals surface area (Å²) < 4.78 is 0. The molecule has 10 nitrogen and oxygen atoms in total. The molecule has 1 aromatic heterocycles. The van der Waals surface area contributed by atoms with Crippen molar-refractivity contribution in [2.45, 2.75) is 45.7 Å². The number of aldehydes is 1. The third kappa shape index (κ3) is 8.79. The molecule has 10 heteroatoms. The molecule has 0 aliphatic carbocycles. The molecule has 4 rings (SSSR count). The normalized spacial score (nSPS) is 15.8. The number of hydrogen-bond acceptors (Lipinski definition) is 5. The van der Waals surface area contributed by atoms with E-state index < -0.39 is 29.8 Å². The second kappa shape index (κ2) is 14.6. The molecule has 5 N–H and O–H groups in total. The van der Waals surface area contributed by atoms with Gasteiger partial charge in [-0.2, -0.15) is 0 Å². The van der Waals surface area contributed by atoms with Crippen LogP contribution < -0.4 is 21.3 Å². The molecule has 3 atom stereocenters. The molecule has 0 spiro atoms. The summed E-state index contributed by atoms with van der Waals surface area (Å²) in [4.78, 5) is 63.6. The van der Waals surface area contributed by atoms with Crippen LogP contribution in [0.25, 0.3) is 10.9 Å². The zero-order chi connectivity index (χ0) is 29.1. The van der Waals surface area contributed by atoms with Crippen LogP contribution >= 0.6 is 0 Å². The first-order chi connectivity index (χ1) is 19.2. The van der Waals surface area contributed by atoms with Crippen LogP contribution in [0.1, 0.15) is 42.7 Å². The summed E-state index contributed by atoms with van der Waals surface area (Å²) in [5.74, 6) is -2.17. The summed E-state index contributed by atoms with van der Waals surface area (Å²) in [5, 5.41) is 11.3. The van der Waals surface area contributed by atoms with Crippen molar-refractivity contribution < 1.29 is 24.0 Å². The fourth-order valence-electron chi connectivity index (χ4n) is 4.34. The van der Waals surface area contributed by atoms with Gasteiger partial charge in [0, 0.05) is 23.4 Å². The van der Waals surface area contributed by atoms with Crippen molar-refractivity contribution in [2.24, 2.45) is 11.8 Å². The summed E-state index contributed by atoms with van der Waals surface area (Å²) in [5.41, 5.74) is 2.46. The number of benzene rings is 2. The first-order valence-corrected chi connectivity index (χ1v) is 13.4. The summed E-state index contributed by atoms with van der Waals surface area (Å²) in [6.07, 6.45) is 1.41. The summed E-state index contributed by atoms with van der Waals surface area (Å²) >= 11 is 0. The number of rotatable bonds is 10. The van der Waals surface area contributed by atoms with Gasteiger partial charge in [-0.15, -0.1) is 0 Å². The maximum absolute atomic E-state index is 12.7. The van der Waals surface area contributed by atoms with Crippen LogP contribution in [0.5, 0.6) is 0 Å². The molecule has 3 aromatic rings. The third-order valence-electron chi connectivity index (χ3n) is 6.59. The molecule has 1 fully saturated rings. The lowest BCUT2D eigenvalue weighted by Gasteiger charge is -2.22.